The molecule has 6 aliphatic rings. The van der Waals surface area contributed by atoms with Crippen LogP contribution in [0.15, 0.2) is 29.2 Å². The molecular weight excluding hydrogens is 971 g/mol. The van der Waals surface area contributed by atoms with E-state index in [4.69, 9.17) is 30.0 Å². The number of nitrogens with zero attached hydrogens (tertiary/aromatic N) is 2. The average Bonchev–Trinajstić information content (AvgIpc) is 3.56. The number of phosphoric acid groups is 2. The van der Waals surface area contributed by atoms with Crippen LogP contribution in [0.2, 0.25) is 0 Å². The Morgan fingerprint density at radius 1 is 0.740 bits per heavy atom. The van der Waals surface area contributed by atoms with Crippen molar-refractivity contribution < 1.29 is 58.2 Å². The van der Waals surface area contributed by atoms with E-state index in [9.17, 15) is 38.3 Å². The second-order valence-corrected chi connectivity index (χ2v) is 52.4. The van der Waals surface area contributed by atoms with Gasteiger partial charge in [-0.25, -0.2) is 0 Å². The van der Waals surface area contributed by atoms with Crippen molar-refractivity contribution in [3.63, 3.8) is 0 Å². The molecule has 0 radical (unpaired) electrons. The molecule has 8 unspecified atom stereocenters. The molecule has 0 amide bonds. The number of H-pyrrole nitrogens is 2. The van der Waals surface area contributed by atoms with Crippen LogP contribution in [0, 0.1) is 0 Å². The Hall–Kier alpha value is -0.965. The molecule has 2 aromatic rings. The van der Waals surface area contributed by atoms with Gasteiger partial charge in [-0.15, -0.1) is 0 Å². The molecule has 0 aliphatic carbocycles. The molecule has 8 rings (SSSR count). The van der Waals surface area contributed by atoms with Gasteiger partial charge in [-0.3, -0.25) is 0 Å². The van der Waals surface area contributed by atoms with Crippen LogP contribution in [0.1, 0.15) is 0 Å². The van der Waals surface area contributed by atoms with Crippen LogP contribution in [0.4, 0.5) is 34.9 Å². The Morgan fingerprint density at radius 2 is 1.12 bits per heavy atom. The minimum absolute atomic E-state index is 0. The normalized spacial score (nSPS) is 33.9. The molecule has 0 bridgehead atoms. The number of ether oxygens (including phenoxy) is 2. The van der Waals surface area contributed by atoms with Crippen LogP contribution < -0.4 is 53.6 Å². The van der Waals surface area contributed by atoms with E-state index in [0.29, 0.717) is 9.81 Å². The van der Waals surface area contributed by atoms with Crippen molar-refractivity contribution in [2.45, 2.75) is 36.7 Å². The van der Waals surface area contributed by atoms with Crippen LogP contribution in [0.5, 0.6) is 0 Å². The van der Waals surface area contributed by atoms with E-state index in [1.165, 1.54) is 18.9 Å². The molecule has 50 heavy (non-hydrogen) atoms. The predicted molar refractivity (Wildman–Crippen MR) is 180 cm³/mol. The summed E-state index contributed by atoms with van der Waals surface area (Å²) in [5.41, 5.74) is 10.6. The zero-order valence-electron chi connectivity index (χ0n) is 24.5. The smallest absolute Gasteiger partial charge is 2.00 e. The quantitative estimate of drug-likeness (QED) is 0.114. The summed E-state index contributed by atoms with van der Waals surface area (Å²) in [7, 11) is -8.07. The van der Waals surface area contributed by atoms with E-state index in [0.717, 1.165) is 9.81 Å². The Morgan fingerprint density at radius 3 is 1.50 bits per heavy atom. The summed E-state index contributed by atoms with van der Waals surface area (Å²) < 4.78 is 45.2. The average molecular weight is 993 g/mol. The van der Waals surface area contributed by atoms with Crippen molar-refractivity contribution in [1.82, 2.24) is 19.9 Å². The molecule has 1 spiro atoms. The zero-order chi connectivity index (χ0) is 34.6. The standard InChI is InChI=1S/2C10H14N5O6PS2.Mg.W/c2*11-10-14-7-4(8(16)15-10)12-3-6(24)5(23)2(21-9(3)13-7)1-20-22(17,18)19;;/h2*2-3,9,12,23-24H,1H2,(H2,17,18,19)(H4,11,13,14,15,16);;/q;;+2;+4/p-6. The summed E-state index contributed by atoms with van der Waals surface area (Å²) in [6.07, 6.45) is -3.70. The van der Waals surface area contributed by atoms with Gasteiger partial charge in [0.05, 0.1) is 0 Å². The minimum Gasteiger partial charge on any atom is 2.00 e. The molecule has 0 fully saturated rings. The van der Waals surface area contributed by atoms with E-state index >= 15 is 0 Å². The number of rotatable bonds is 6. The summed E-state index contributed by atoms with van der Waals surface area (Å²) in [6.45, 7) is -1.12. The molecule has 0 aromatic carbocycles. The number of anilines is 6. The molecule has 22 nitrogen and oxygen atoms in total. The van der Waals surface area contributed by atoms with Crippen LogP contribution in [-0.2, 0) is 38.6 Å². The van der Waals surface area contributed by atoms with Gasteiger partial charge in [-0.1, -0.05) is 0 Å². The molecule has 8 heterocycles. The van der Waals surface area contributed by atoms with Gasteiger partial charge in [-0.2, -0.15) is 0 Å². The number of nitrogens with one attached hydrogen (secondary N) is 6. The number of hydrogen-bond acceptors (Lipinski definition) is 22. The second kappa shape index (κ2) is 13.4. The fourth-order valence-corrected chi connectivity index (χ4v) is 58.9. The first-order valence-electron chi connectivity index (χ1n) is 13.7. The van der Waals surface area contributed by atoms with E-state index in [2.05, 4.69) is 41.2 Å². The van der Waals surface area contributed by atoms with E-state index in [1.807, 2.05) is 0 Å². The van der Waals surface area contributed by atoms with Crippen molar-refractivity contribution in [2.24, 2.45) is 0 Å². The van der Waals surface area contributed by atoms with Gasteiger partial charge < -0.3 is 0 Å². The number of aromatic amines is 2. The third-order valence-electron chi connectivity index (χ3n) is 7.44. The van der Waals surface area contributed by atoms with Gasteiger partial charge in [0.25, 0.3) is 0 Å². The fraction of sp³-hybridized carbons (Fsp3) is 0.400. The molecule has 30 heteroatoms. The number of hydrogen-bond donors (Lipinski definition) is 10. The topological polar surface area (TPSA) is 349 Å². The van der Waals surface area contributed by atoms with E-state index in [-0.39, 0.29) is 58.0 Å². The Kier molecular flexibility index (Phi) is 10.0. The molecule has 6 aliphatic heterocycles. The summed E-state index contributed by atoms with van der Waals surface area (Å²) in [4.78, 5) is 83.3. The first-order valence-corrected chi connectivity index (χ1v) is 34.0. The predicted octanol–water partition coefficient (Wildman–Crippen LogP) is -1.65. The first-order chi connectivity index (χ1) is 23.0. The van der Waals surface area contributed by atoms with Crippen LogP contribution in [0.3, 0.4) is 0 Å². The van der Waals surface area contributed by atoms with Gasteiger partial charge in [0, 0.05) is 0 Å². The first kappa shape index (κ1) is 37.4. The summed E-state index contributed by atoms with van der Waals surface area (Å²) in [5, 5.41) is 12.4. The fourth-order valence-electron chi connectivity index (χ4n) is 5.56. The molecule has 2 aromatic heterocycles. The summed E-state index contributed by atoms with van der Waals surface area (Å²) in [5.74, 6) is -0.0453. The molecule has 0 saturated heterocycles. The van der Waals surface area contributed by atoms with E-state index < -0.39 is 87.7 Å². The van der Waals surface area contributed by atoms with Crippen molar-refractivity contribution in [3.05, 3.63) is 40.3 Å². The zero-order valence-corrected chi connectivity index (χ0v) is 33.9. The summed E-state index contributed by atoms with van der Waals surface area (Å²) in [6, 6.07) is -1.29. The number of aromatic nitrogens is 4. The Balaban J connectivity index is 0.00000392. The third-order valence-corrected chi connectivity index (χ3v) is 48.7. The van der Waals surface area contributed by atoms with Crippen molar-refractivity contribution in [1.29, 1.82) is 0 Å². The molecule has 8 atom stereocenters. The number of phosphoric ester groups is 2. The van der Waals surface area contributed by atoms with Gasteiger partial charge >= 0.3 is 313 Å². The molecule has 12 N–H and O–H groups in total. The monoisotopic (exact) mass is 992 g/mol. The molecular formula is C20H22MgN10O12P2S4W. The van der Waals surface area contributed by atoms with Crippen LogP contribution in [0.25, 0.3) is 0 Å². The number of fused-ring (bicyclic) bond motifs is 6. The number of nitrogen functional groups attached to an aromatic ring is 2. The van der Waals surface area contributed by atoms with Crippen LogP contribution >= 0.6 is 53.5 Å². The van der Waals surface area contributed by atoms with Crippen molar-refractivity contribution in [3.8, 4) is 0 Å². The van der Waals surface area contributed by atoms with Crippen molar-refractivity contribution >= 4 is 111 Å². The second-order valence-electron chi connectivity index (χ2n) is 10.7. The van der Waals surface area contributed by atoms with Gasteiger partial charge in [-0.05, 0) is 0 Å². The maximum Gasteiger partial charge on any atom is 2.00 e. The SMILES string of the molecule is Nc1nc2c(c(=O)[nH]1)NC1C3=C([S][W]4([S]C5=C([S]4)C4Nc6c(nc(N)[nH]c6=O)NC4OC5COP(=O)([O-])O)[S]3)C(COP(=O)([O-])O)OC1N2.[Mg+2]. The summed E-state index contributed by atoms with van der Waals surface area (Å²) >= 11 is 0. The minimum atomic E-state index is -5.14. The maximum absolute atomic E-state index is 12.8. The van der Waals surface area contributed by atoms with Crippen LogP contribution in [-0.4, -0.2) is 103 Å². The molecule has 0 saturated carbocycles. The van der Waals surface area contributed by atoms with Crippen molar-refractivity contribution in [2.75, 3.05) is 45.9 Å². The van der Waals surface area contributed by atoms with E-state index in [1.54, 1.807) is 18.9 Å². The van der Waals surface area contributed by atoms with Gasteiger partial charge in [0.1, 0.15) is 0 Å². The number of nitrogens with two attached hydrogens (primary N) is 2. The maximum atomic E-state index is 12.8. The molecule has 266 valence electrons. The largest absolute Gasteiger partial charge is 2.00 e. The van der Waals surface area contributed by atoms with Gasteiger partial charge in [0.2, 0.25) is 0 Å². The Labute approximate surface area is 310 Å². The Bertz CT molecular complexity index is 1930. The third kappa shape index (κ3) is 7.03. The van der Waals surface area contributed by atoms with Gasteiger partial charge in [0.15, 0.2) is 0 Å².